The third-order valence-corrected chi connectivity index (χ3v) is 5.47. The van der Waals surface area contributed by atoms with E-state index in [1.807, 2.05) is 0 Å². The summed E-state index contributed by atoms with van der Waals surface area (Å²) in [7, 11) is 0. The van der Waals surface area contributed by atoms with Crippen LogP contribution in [0.3, 0.4) is 0 Å². The molecular formula is C26H32N4. The van der Waals surface area contributed by atoms with E-state index in [0.717, 1.165) is 0 Å². The highest BCUT2D eigenvalue weighted by Gasteiger charge is 2.27. The first-order valence-electron chi connectivity index (χ1n) is 10.6. The number of hydrogen-bond donors (Lipinski definition) is 2. The summed E-state index contributed by atoms with van der Waals surface area (Å²) in [5, 5.41) is 4.49. The van der Waals surface area contributed by atoms with Crippen molar-refractivity contribution < 1.29 is 0 Å². The molecule has 0 aromatic heterocycles. The second-order valence-electron chi connectivity index (χ2n) is 8.80. The fraction of sp³-hybridized carbons (Fsp3) is 0.308. The standard InChI is InChI=1S/C26H32N4/c1-17-7-18(2)11-23(10-17)26-27-29(24-12-19(3)8-20(4)13-24)16-30(28-26)25-14-21(5)9-22(6)15-25/h7-15,26-28H,16H2,1-6H3. The normalized spacial score (nSPS) is 15.0. The van der Waals surface area contributed by atoms with Gasteiger partial charge in [-0.15, -0.1) is 0 Å². The zero-order valence-corrected chi connectivity index (χ0v) is 18.9. The van der Waals surface area contributed by atoms with E-state index in [2.05, 4.69) is 117 Å². The largest absolute Gasteiger partial charge is 0.286 e. The van der Waals surface area contributed by atoms with Crippen LogP contribution in [0.4, 0.5) is 11.4 Å². The fourth-order valence-corrected chi connectivity index (χ4v) is 4.41. The van der Waals surface area contributed by atoms with Gasteiger partial charge in [0, 0.05) is 0 Å². The summed E-state index contributed by atoms with van der Waals surface area (Å²) in [6.45, 7) is 13.6. The van der Waals surface area contributed by atoms with E-state index in [9.17, 15) is 0 Å². The van der Waals surface area contributed by atoms with Gasteiger partial charge in [0.15, 0.2) is 0 Å². The van der Waals surface area contributed by atoms with E-state index >= 15 is 0 Å². The Morgan fingerprint density at radius 1 is 0.533 bits per heavy atom. The van der Waals surface area contributed by atoms with E-state index in [0.29, 0.717) is 6.67 Å². The van der Waals surface area contributed by atoms with Crippen LogP contribution in [-0.4, -0.2) is 6.67 Å². The van der Waals surface area contributed by atoms with Crippen molar-refractivity contribution in [3.05, 3.63) is 93.5 Å². The van der Waals surface area contributed by atoms with Crippen LogP contribution in [0.2, 0.25) is 0 Å². The van der Waals surface area contributed by atoms with Gasteiger partial charge in [-0.3, -0.25) is 10.0 Å². The van der Waals surface area contributed by atoms with Gasteiger partial charge in [-0.05, 0) is 93.6 Å². The number of hydrogen-bond acceptors (Lipinski definition) is 4. The van der Waals surface area contributed by atoms with Gasteiger partial charge in [0.1, 0.15) is 12.8 Å². The van der Waals surface area contributed by atoms with Crippen LogP contribution < -0.4 is 20.9 Å². The van der Waals surface area contributed by atoms with Crippen molar-refractivity contribution in [2.45, 2.75) is 47.7 Å². The molecule has 0 bridgehead atoms. The quantitative estimate of drug-likeness (QED) is 0.605. The molecule has 3 aromatic rings. The van der Waals surface area contributed by atoms with Crippen molar-refractivity contribution in [3.8, 4) is 0 Å². The minimum Gasteiger partial charge on any atom is -0.286 e. The maximum absolute atomic E-state index is 3.70. The van der Waals surface area contributed by atoms with Gasteiger partial charge < -0.3 is 0 Å². The first kappa shape index (κ1) is 20.5. The lowest BCUT2D eigenvalue weighted by atomic mass is 10.1. The molecule has 4 nitrogen and oxygen atoms in total. The van der Waals surface area contributed by atoms with Crippen molar-refractivity contribution in [1.29, 1.82) is 0 Å². The van der Waals surface area contributed by atoms with Gasteiger partial charge in [0.05, 0.1) is 11.4 Å². The monoisotopic (exact) mass is 400 g/mol. The second-order valence-corrected chi connectivity index (χ2v) is 8.80. The van der Waals surface area contributed by atoms with Crippen molar-refractivity contribution in [1.82, 2.24) is 10.9 Å². The molecule has 156 valence electrons. The van der Waals surface area contributed by atoms with Crippen molar-refractivity contribution in [2.24, 2.45) is 0 Å². The zero-order valence-electron chi connectivity index (χ0n) is 18.9. The first-order chi connectivity index (χ1) is 14.3. The third-order valence-electron chi connectivity index (χ3n) is 5.47. The van der Waals surface area contributed by atoms with Gasteiger partial charge in [-0.1, -0.05) is 41.5 Å². The van der Waals surface area contributed by atoms with E-state index in [1.165, 1.54) is 50.3 Å². The maximum atomic E-state index is 3.70. The second kappa shape index (κ2) is 8.13. The highest BCUT2D eigenvalue weighted by Crippen LogP contribution is 2.27. The van der Waals surface area contributed by atoms with Crippen LogP contribution in [0.25, 0.3) is 0 Å². The molecule has 0 saturated carbocycles. The van der Waals surface area contributed by atoms with Crippen LogP contribution in [0.15, 0.2) is 54.6 Å². The summed E-state index contributed by atoms with van der Waals surface area (Å²) in [5.74, 6) is 0. The predicted molar refractivity (Wildman–Crippen MR) is 127 cm³/mol. The lowest BCUT2D eigenvalue weighted by molar-refractivity contribution is 0.348. The van der Waals surface area contributed by atoms with E-state index in [4.69, 9.17) is 0 Å². The number of hydrazine groups is 2. The van der Waals surface area contributed by atoms with Gasteiger partial charge in [0.2, 0.25) is 0 Å². The molecule has 1 fully saturated rings. The van der Waals surface area contributed by atoms with Crippen molar-refractivity contribution in [2.75, 3.05) is 16.7 Å². The smallest absolute Gasteiger partial charge is 0.120 e. The molecule has 1 saturated heterocycles. The lowest BCUT2D eigenvalue weighted by Crippen LogP contribution is -2.62. The summed E-state index contributed by atoms with van der Waals surface area (Å²) < 4.78 is 0. The van der Waals surface area contributed by atoms with E-state index < -0.39 is 0 Å². The molecular weight excluding hydrogens is 368 g/mol. The van der Waals surface area contributed by atoms with E-state index in [1.54, 1.807) is 0 Å². The number of benzene rings is 3. The van der Waals surface area contributed by atoms with Crippen LogP contribution in [0, 0.1) is 41.5 Å². The summed E-state index contributed by atoms with van der Waals surface area (Å²) >= 11 is 0. The number of nitrogens with one attached hydrogen (secondary N) is 2. The Kier molecular flexibility index (Phi) is 5.54. The van der Waals surface area contributed by atoms with Gasteiger partial charge in [0.25, 0.3) is 0 Å². The average molecular weight is 401 g/mol. The molecule has 1 heterocycles. The molecule has 0 spiro atoms. The van der Waals surface area contributed by atoms with Crippen LogP contribution in [0.1, 0.15) is 45.1 Å². The SMILES string of the molecule is Cc1cc(C)cc(C2NN(c3cc(C)cc(C)c3)CN(c3cc(C)cc(C)c3)N2)c1. The fourth-order valence-electron chi connectivity index (χ4n) is 4.41. The molecule has 4 rings (SSSR count). The van der Waals surface area contributed by atoms with E-state index in [-0.39, 0.29) is 6.17 Å². The molecule has 0 amide bonds. The van der Waals surface area contributed by atoms with Crippen molar-refractivity contribution >= 4 is 11.4 Å². The molecule has 0 unspecified atom stereocenters. The molecule has 0 atom stereocenters. The molecule has 0 aliphatic carbocycles. The molecule has 2 N–H and O–H groups in total. The Morgan fingerprint density at radius 3 is 1.23 bits per heavy atom. The number of aryl methyl sites for hydroxylation is 6. The highest BCUT2D eigenvalue weighted by molar-refractivity contribution is 5.56. The zero-order chi connectivity index (χ0) is 21.4. The summed E-state index contributed by atoms with van der Waals surface area (Å²) in [6.07, 6.45) is -0.0287. The molecule has 1 aliphatic rings. The van der Waals surface area contributed by atoms with Gasteiger partial charge in [-0.2, -0.15) is 0 Å². The molecule has 1 aliphatic heterocycles. The number of rotatable bonds is 3. The topological polar surface area (TPSA) is 30.5 Å². The van der Waals surface area contributed by atoms with Crippen molar-refractivity contribution in [3.63, 3.8) is 0 Å². The predicted octanol–water partition coefficient (Wildman–Crippen LogP) is 5.53. The lowest BCUT2D eigenvalue weighted by Gasteiger charge is -2.44. The molecule has 3 aromatic carbocycles. The minimum absolute atomic E-state index is 0.0287. The Balaban J connectivity index is 1.75. The summed E-state index contributed by atoms with van der Waals surface area (Å²) in [4.78, 5) is 0. The Labute approximate surface area is 180 Å². The number of anilines is 2. The van der Waals surface area contributed by atoms with Crippen LogP contribution in [0.5, 0.6) is 0 Å². The number of nitrogens with zero attached hydrogens (tertiary/aromatic N) is 2. The summed E-state index contributed by atoms with van der Waals surface area (Å²) in [6, 6.07) is 20.1. The Morgan fingerprint density at radius 2 is 0.867 bits per heavy atom. The summed E-state index contributed by atoms with van der Waals surface area (Å²) in [5.41, 5.74) is 18.6. The maximum Gasteiger partial charge on any atom is 0.120 e. The van der Waals surface area contributed by atoms with Crippen LogP contribution in [-0.2, 0) is 0 Å². The molecule has 0 radical (unpaired) electrons. The van der Waals surface area contributed by atoms with Crippen LogP contribution >= 0.6 is 0 Å². The molecule has 4 heteroatoms. The minimum atomic E-state index is -0.0287. The average Bonchev–Trinajstić information content (AvgIpc) is 2.65. The Hall–Kier alpha value is -2.82. The van der Waals surface area contributed by atoms with Gasteiger partial charge in [-0.25, -0.2) is 10.9 Å². The molecule has 30 heavy (non-hydrogen) atoms. The van der Waals surface area contributed by atoms with Gasteiger partial charge >= 0.3 is 0 Å². The Bertz CT molecular complexity index is 869. The first-order valence-corrected chi connectivity index (χ1v) is 10.6. The third kappa shape index (κ3) is 4.50. The highest BCUT2D eigenvalue weighted by atomic mass is 15.7.